The molecule has 0 atom stereocenters. The van der Waals surface area contributed by atoms with Gasteiger partial charge in [-0.2, -0.15) is 0 Å². The maximum absolute atomic E-state index is 13.5. The van der Waals surface area contributed by atoms with Gasteiger partial charge in [-0.05, 0) is 29.8 Å². The second-order valence-electron chi connectivity index (χ2n) is 4.70. The minimum Gasteiger partial charge on any atom is -0.465 e. The highest BCUT2D eigenvalue weighted by atomic mass is 32.2. The third-order valence-corrected chi connectivity index (χ3v) is 4.00. The van der Waals surface area contributed by atoms with Gasteiger partial charge in [-0.1, -0.05) is 24.3 Å². The zero-order valence-corrected chi connectivity index (χ0v) is 13.4. The lowest BCUT2D eigenvalue weighted by molar-refractivity contribution is -0.113. The van der Waals surface area contributed by atoms with E-state index in [1.807, 2.05) is 0 Å². The highest BCUT2D eigenvalue weighted by molar-refractivity contribution is 7.99. The van der Waals surface area contributed by atoms with Gasteiger partial charge in [-0.25, -0.2) is 9.18 Å². The van der Waals surface area contributed by atoms with E-state index in [0.29, 0.717) is 22.6 Å². The number of amides is 1. The number of esters is 1. The normalized spacial score (nSPS) is 10.2. The summed E-state index contributed by atoms with van der Waals surface area (Å²) in [6.07, 6.45) is 0. The van der Waals surface area contributed by atoms with Crippen molar-refractivity contribution in [2.45, 2.75) is 5.75 Å². The third-order valence-electron chi connectivity index (χ3n) is 3.02. The van der Waals surface area contributed by atoms with Crippen molar-refractivity contribution in [3.63, 3.8) is 0 Å². The second-order valence-corrected chi connectivity index (χ2v) is 5.69. The Labute approximate surface area is 138 Å². The first-order chi connectivity index (χ1) is 11.1. The van der Waals surface area contributed by atoms with Crippen LogP contribution in [0.25, 0.3) is 0 Å². The minimum atomic E-state index is -0.463. The standard InChI is InChI=1S/C17H16FNO3S/c1-22-17(21)12-6-4-7-14(9-12)19-16(20)11-23-10-13-5-2-3-8-15(13)18/h2-9H,10-11H2,1H3,(H,19,20). The Morgan fingerprint density at radius 3 is 2.70 bits per heavy atom. The molecule has 0 aromatic heterocycles. The van der Waals surface area contributed by atoms with E-state index in [-0.39, 0.29) is 17.5 Å². The quantitative estimate of drug-likeness (QED) is 0.822. The Kier molecular flexibility index (Phi) is 6.17. The number of carbonyl (C=O) groups excluding carboxylic acids is 2. The van der Waals surface area contributed by atoms with Crippen LogP contribution in [0.2, 0.25) is 0 Å². The topological polar surface area (TPSA) is 55.4 Å². The number of hydrogen-bond donors (Lipinski definition) is 1. The van der Waals surface area contributed by atoms with E-state index in [0.717, 1.165) is 0 Å². The molecule has 0 heterocycles. The van der Waals surface area contributed by atoms with Gasteiger partial charge in [0, 0.05) is 11.4 Å². The predicted octanol–water partition coefficient (Wildman–Crippen LogP) is 3.48. The molecule has 2 aromatic rings. The van der Waals surface area contributed by atoms with Gasteiger partial charge in [0.25, 0.3) is 0 Å². The number of anilines is 1. The summed E-state index contributed by atoms with van der Waals surface area (Å²) < 4.78 is 18.1. The zero-order valence-electron chi connectivity index (χ0n) is 12.5. The first-order valence-corrected chi connectivity index (χ1v) is 8.05. The number of rotatable bonds is 6. The molecule has 1 amide bonds. The summed E-state index contributed by atoms with van der Waals surface area (Å²) in [6.45, 7) is 0. The maximum atomic E-state index is 13.5. The average molecular weight is 333 g/mol. The molecule has 0 aliphatic carbocycles. The zero-order chi connectivity index (χ0) is 16.7. The second kappa shape index (κ2) is 8.33. The number of carbonyl (C=O) groups is 2. The lowest BCUT2D eigenvalue weighted by atomic mass is 10.2. The molecule has 0 fully saturated rings. The summed E-state index contributed by atoms with van der Waals surface area (Å²) in [5, 5.41) is 2.70. The summed E-state index contributed by atoms with van der Waals surface area (Å²) in [6, 6.07) is 13.0. The molecule has 23 heavy (non-hydrogen) atoms. The van der Waals surface area contributed by atoms with E-state index in [4.69, 9.17) is 0 Å². The molecular weight excluding hydrogens is 317 g/mol. The van der Waals surface area contributed by atoms with E-state index in [1.54, 1.807) is 42.5 Å². The first-order valence-electron chi connectivity index (χ1n) is 6.89. The van der Waals surface area contributed by atoms with E-state index < -0.39 is 5.97 Å². The van der Waals surface area contributed by atoms with E-state index in [9.17, 15) is 14.0 Å². The van der Waals surface area contributed by atoms with Gasteiger partial charge in [-0.15, -0.1) is 11.8 Å². The van der Waals surface area contributed by atoms with E-state index in [2.05, 4.69) is 10.1 Å². The van der Waals surface area contributed by atoms with Crippen LogP contribution in [0.4, 0.5) is 10.1 Å². The summed E-state index contributed by atoms with van der Waals surface area (Å²) >= 11 is 1.32. The van der Waals surface area contributed by atoms with Crippen molar-refractivity contribution in [3.05, 3.63) is 65.5 Å². The van der Waals surface area contributed by atoms with Crippen LogP contribution in [0.3, 0.4) is 0 Å². The minimum absolute atomic E-state index is 0.191. The highest BCUT2D eigenvalue weighted by Crippen LogP contribution is 2.16. The largest absolute Gasteiger partial charge is 0.465 e. The van der Waals surface area contributed by atoms with Gasteiger partial charge >= 0.3 is 5.97 Å². The maximum Gasteiger partial charge on any atom is 0.337 e. The van der Waals surface area contributed by atoms with Crippen LogP contribution in [0.15, 0.2) is 48.5 Å². The van der Waals surface area contributed by atoms with Crippen LogP contribution in [-0.2, 0) is 15.3 Å². The molecule has 0 saturated carbocycles. The van der Waals surface area contributed by atoms with Crippen LogP contribution in [-0.4, -0.2) is 24.7 Å². The van der Waals surface area contributed by atoms with Crippen molar-refractivity contribution < 1.29 is 18.7 Å². The van der Waals surface area contributed by atoms with Crippen LogP contribution in [0.5, 0.6) is 0 Å². The first kappa shape index (κ1) is 17.0. The fourth-order valence-electron chi connectivity index (χ4n) is 1.91. The smallest absolute Gasteiger partial charge is 0.337 e. The number of thioether (sulfide) groups is 1. The molecule has 0 saturated heterocycles. The van der Waals surface area contributed by atoms with Crippen molar-refractivity contribution in [2.24, 2.45) is 0 Å². The molecule has 0 bridgehead atoms. The van der Waals surface area contributed by atoms with Crippen molar-refractivity contribution in [1.82, 2.24) is 0 Å². The van der Waals surface area contributed by atoms with Gasteiger partial charge in [-0.3, -0.25) is 4.79 Å². The molecule has 2 aromatic carbocycles. The number of methoxy groups -OCH3 is 1. The molecule has 4 nitrogen and oxygen atoms in total. The van der Waals surface area contributed by atoms with Gasteiger partial charge in [0.1, 0.15) is 5.82 Å². The van der Waals surface area contributed by atoms with E-state index >= 15 is 0 Å². The molecule has 0 spiro atoms. The van der Waals surface area contributed by atoms with Crippen LogP contribution in [0.1, 0.15) is 15.9 Å². The lowest BCUT2D eigenvalue weighted by Crippen LogP contribution is -2.14. The van der Waals surface area contributed by atoms with Crippen LogP contribution >= 0.6 is 11.8 Å². The molecule has 120 valence electrons. The number of halogens is 1. The van der Waals surface area contributed by atoms with Crippen molar-refractivity contribution in [2.75, 3.05) is 18.2 Å². The Morgan fingerprint density at radius 1 is 1.17 bits per heavy atom. The van der Waals surface area contributed by atoms with Gasteiger partial charge in [0.2, 0.25) is 5.91 Å². The number of nitrogens with one attached hydrogen (secondary N) is 1. The van der Waals surface area contributed by atoms with Crippen LogP contribution < -0.4 is 5.32 Å². The van der Waals surface area contributed by atoms with Crippen molar-refractivity contribution in [3.8, 4) is 0 Å². The molecule has 0 unspecified atom stereocenters. The monoisotopic (exact) mass is 333 g/mol. The van der Waals surface area contributed by atoms with Crippen molar-refractivity contribution in [1.29, 1.82) is 0 Å². The Hall–Kier alpha value is -2.34. The molecule has 0 aliphatic rings. The summed E-state index contributed by atoms with van der Waals surface area (Å²) in [5.41, 5.74) is 1.45. The van der Waals surface area contributed by atoms with Crippen LogP contribution in [0, 0.1) is 5.82 Å². The number of hydrogen-bond acceptors (Lipinski definition) is 4. The average Bonchev–Trinajstić information content (AvgIpc) is 2.56. The predicted molar refractivity (Wildman–Crippen MR) is 89.0 cm³/mol. The summed E-state index contributed by atoms with van der Waals surface area (Å²) in [7, 11) is 1.30. The fraction of sp³-hybridized carbons (Fsp3) is 0.176. The summed E-state index contributed by atoms with van der Waals surface area (Å²) in [4.78, 5) is 23.3. The summed E-state index contributed by atoms with van der Waals surface area (Å²) in [5.74, 6) is -0.339. The van der Waals surface area contributed by atoms with Gasteiger partial charge < -0.3 is 10.1 Å². The molecule has 1 N–H and O–H groups in total. The molecule has 0 aliphatic heterocycles. The molecule has 0 radical (unpaired) electrons. The SMILES string of the molecule is COC(=O)c1cccc(NC(=O)CSCc2ccccc2F)c1. The van der Waals surface area contributed by atoms with Gasteiger partial charge in [0.15, 0.2) is 0 Å². The highest BCUT2D eigenvalue weighted by Gasteiger charge is 2.08. The lowest BCUT2D eigenvalue weighted by Gasteiger charge is -2.07. The Bertz CT molecular complexity index is 706. The Balaban J connectivity index is 1.85. The fourth-order valence-corrected chi connectivity index (χ4v) is 2.72. The Morgan fingerprint density at radius 2 is 1.96 bits per heavy atom. The van der Waals surface area contributed by atoms with E-state index in [1.165, 1.54) is 24.9 Å². The van der Waals surface area contributed by atoms with Crippen molar-refractivity contribution >= 4 is 29.3 Å². The molecular formula is C17H16FNO3S. The third kappa shape index (κ3) is 5.10. The molecule has 6 heteroatoms. The number of ether oxygens (including phenoxy) is 1. The number of benzene rings is 2. The molecule has 2 rings (SSSR count). The van der Waals surface area contributed by atoms with Gasteiger partial charge in [0.05, 0.1) is 18.4 Å².